The third-order valence-electron chi connectivity index (χ3n) is 3.91. The average molecular weight is 389 g/mol. The summed E-state index contributed by atoms with van der Waals surface area (Å²) in [6.07, 6.45) is -0.198. The van der Waals surface area contributed by atoms with E-state index in [1.807, 2.05) is 4.90 Å². The van der Waals surface area contributed by atoms with Crippen molar-refractivity contribution in [3.63, 3.8) is 0 Å². The topological polar surface area (TPSA) is 53.6 Å². The van der Waals surface area contributed by atoms with E-state index < -0.39 is 6.36 Å². The predicted molar refractivity (Wildman–Crippen MR) is 97.0 cm³/mol. The summed E-state index contributed by atoms with van der Waals surface area (Å²) in [7, 11) is 0. The fraction of sp³-hybridized carbons (Fsp3) is 0.529. The first-order valence-corrected chi connectivity index (χ1v) is 8.93. The molecular weight excluding hydrogens is 367 g/mol. The maximum atomic E-state index is 12.1. The number of carbonyl (C=O) groups is 1. The van der Waals surface area contributed by atoms with E-state index in [1.54, 1.807) is 0 Å². The maximum absolute atomic E-state index is 12.1. The fourth-order valence-corrected chi connectivity index (χ4v) is 2.88. The molecule has 0 aromatic heterocycles. The summed E-state index contributed by atoms with van der Waals surface area (Å²) in [6, 6.07) is 5.32. The first-order chi connectivity index (χ1) is 12.3. The van der Waals surface area contributed by atoms with Crippen molar-refractivity contribution in [2.75, 3.05) is 25.0 Å². The lowest BCUT2D eigenvalue weighted by atomic mass is 10.2. The highest BCUT2D eigenvalue weighted by Crippen LogP contribution is 2.23. The van der Waals surface area contributed by atoms with Crippen LogP contribution in [0.25, 0.3) is 0 Å². The van der Waals surface area contributed by atoms with E-state index in [0.717, 1.165) is 32.2 Å². The number of ether oxygens (including phenoxy) is 1. The number of rotatable bonds is 6. The number of nitrogens with zero attached hydrogens (tertiary/aromatic N) is 1. The number of carbonyl (C=O) groups excluding carboxylic acids is 1. The molecule has 0 unspecified atom stereocenters. The van der Waals surface area contributed by atoms with E-state index in [4.69, 9.17) is 12.2 Å². The van der Waals surface area contributed by atoms with Crippen LogP contribution in [0.2, 0.25) is 0 Å². The second-order valence-electron chi connectivity index (χ2n) is 6.00. The molecule has 1 aliphatic rings. The zero-order valence-corrected chi connectivity index (χ0v) is 15.1. The summed E-state index contributed by atoms with van der Waals surface area (Å²) >= 11 is 5.16. The summed E-state index contributed by atoms with van der Waals surface area (Å²) in [5.41, 5.74) is 0.555. The Morgan fingerprint density at radius 3 is 2.62 bits per heavy atom. The van der Waals surface area contributed by atoms with Gasteiger partial charge < -0.3 is 20.3 Å². The molecule has 1 aliphatic heterocycles. The van der Waals surface area contributed by atoms with E-state index in [2.05, 4.69) is 15.4 Å². The van der Waals surface area contributed by atoms with Crippen molar-refractivity contribution in [3.05, 3.63) is 24.3 Å². The number of alkyl halides is 3. The van der Waals surface area contributed by atoms with Crippen molar-refractivity contribution in [2.24, 2.45) is 0 Å². The quantitative estimate of drug-likeness (QED) is 0.574. The summed E-state index contributed by atoms with van der Waals surface area (Å²) in [5.74, 6) is -0.0755. The fourth-order valence-electron chi connectivity index (χ4n) is 2.66. The molecule has 26 heavy (non-hydrogen) atoms. The van der Waals surface area contributed by atoms with Gasteiger partial charge in [0.15, 0.2) is 5.11 Å². The minimum Gasteiger partial charge on any atom is -0.406 e. The maximum Gasteiger partial charge on any atom is 0.573 e. The Morgan fingerprint density at radius 2 is 1.92 bits per heavy atom. The number of hydrogen-bond acceptors (Lipinski definition) is 3. The monoisotopic (exact) mass is 389 g/mol. The van der Waals surface area contributed by atoms with Gasteiger partial charge in [-0.3, -0.25) is 4.79 Å². The van der Waals surface area contributed by atoms with E-state index in [0.29, 0.717) is 30.3 Å². The molecule has 5 nitrogen and oxygen atoms in total. The number of thiocarbonyl (C=S) groups is 1. The third kappa shape index (κ3) is 7.47. The van der Waals surface area contributed by atoms with Crippen LogP contribution in [0.4, 0.5) is 18.9 Å². The van der Waals surface area contributed by atoms with Crippen molar-refractivity contribution in [1.82, 2.24) is 10.2 Å². The molecule has 2 N–H and O–H groups in total. The van der Waals surface area contributed by atoms with Crippen LogP contribution in [0.1, 0.15) is 32.1 Å². The van der Waals surface area contributed by atoms with Gasteiger partial charge >= 0.3 is 6.36 Å². The molecule has 144 valence electrons. The molecule has 0 atom stereocenters. The smallest absolute Gasteiger partial charge is 0.406 e. The van der Waals surface area contributed by atoms with Crippen LogP contribution in [0.3, 0.4) is 0 Å². The zero-order chi connectivity index (χ0) is 19.0. The Hall–Kier alpha value is -2.03. The number of nitrogens with one attached hydrogen (secondary N) is 2. The molecule has 1 aromatic rings. The Labute approximate surface area is 155 Å². The largest absolute Gasteiger partial charge is 0.573 e. The zero-order valence-electron chi connectivity index (χ0n) is 14.3. The van der Waals surface area contributed by atoms with Crippen molar-refractivity contribution in [2.45, 2.75) is 38.5 Å². The van der Waals surface area contributed by atoms with Crippen LogP contribution in [0.15, 0.2) is 24.3 Å². The summed E-state index contributed by atoms with van der Waals surface area (Å²) in [4.78, 5) is 13.8. The van der Waals surface area contributed by atoms with Crippen molar-refractivity contribution >= 4 is 28.9 Å². The first kappa shape index (κ1) is 20.3. The molecule has 1 aromatic carbocycles. The molecule has 9 heteroatoms. The molecule has 0 bridgehead atoms. The molecule has 1 fully saturated rings. The molecule has 0 aliphatic carbocycles. The molecular formula is C17H22F3N3O2S. The SMILES string of the molecule is O=C1CCCCCN1CCCNC(=S)Nc1ccc(OC(F)(F)F)cc1. The number of benzene rings is 1. The van der Waals surface area contributed by atoms with Crippen molar-refractivity contribution in [3.8, 4) is 5.75 Å². The van der Waals surface area contributed by atoms with Gasteiger partial charge in [-0.15, -0.1) is 13.2 Å². The van der Waals surface area contributed by atoms with Crippen molar-refractivity contribution in [1.29, 1.82) is 0 Å². The van der Waals surface area contributed by atoms with Gasteiger partial charge in [0.25, 0.3) is 0 Å². The lowest BCUT2D eigenvalue weighted by molar-refractivity contribution is -0.274. The van der Waals surface area contributed by atoms with Gasteiger partial charge in [-0.1, -0.05) is 6.42 Å². The Bertz CT molecular complexity index is 608. The van der Waals surface area contributed by atoms with Gasteiger partial charge in [0.2, 0.25) is 5.91 Å². The van der Waals surface area contributed by atoms with Crippen LogP contribution in [-0.4, -0.2) is 41.9 Å². The van der Waals surface area contributed by atoms with E-state index in [-0.39, 0.29) is 11.7 Å². The van der Waals surface area contributed by atoms with Crippen LogP contribution < -0.4 is 15.4 Å². The van der Waals surface area contributed by atoms with Gasteiger partial charge in [0.05, 0.1) is 0 Å². The standard InChI is InChI=1S/C17H22F3N3O2S/c18-17(19,20)25-14-8-6-13(7-9-14)22-16(26)21-10-4-12-23-11-3-1-2-5-15(23)24/h6-9H,1-5,10-12H2,(H2,21,22,26). The van der Waals surface area contributed by atoms with Gasteiger partial charge in [-0.05, 0) is 55.7 Å². The lowest BCUT2D eigenvalue weighted by Crippen LogP contribution is -2.35. The lowest BCUT2D eigenvalue weighted by Gasteiger charge is -2.20. The minimum atomic E-state index is -4.71. The van der Waals surface area contributed by atoms with Crippen LogP contribution in [-0.2, 0) is 4.79 Å². The summed E-state index contributed by atoms with van der Waals surface area (Å²) < 4.78 is 40.1. The van der Waals surface area contributed by atoms with Crippen molar-refractivity contribution < 1.29 is 22.7 Å². The molecule has 1 heterocycles. The second kappa shape index (κ2) is 9.61. The molecule has 1 saturated heterocycles. The summed E-state index contributed by atoms with van der Waals surface area (Å²) in [6.45, 7) is 2.11. The molecule has 2 rings (SSSR count). The number of hydrogen-bond donors (Lipinski definition) is 2. The first-order valence-electron chi connectivity index (χ1n) is 8.52. The highest BCUT2D eigenvalue weighted by atomic mass is 32.1. The highest BCUT2D eigenvalue weighted by molar-refractivity contribution is 7.80. The molecule has 1 amide bonds. The van der Waals surface area contributed by atoms with Crippen LogP contribution >= 0.6 is 12.2 Å². The molecule has 0 saturated carbocycles. The van der Waals surface area contributed by atoms with Gasteiger partial charge in [-0.2, -0.15) is 0 Å². The van der Waals surface area contributed by atoms with E-state index in [1.165, 1.54) is 24.3 Å². The summed E-state index contributed by atoms with van der Waals surface area (Å²) in [5, 5.41) is 6.29. The predicted octanol–water partition coefficient (Wildman–Crippen LogP) is 3.66. The average Bonchev–Trinajstić information content (AvgIpc) is 2.77. The Kier molecular flexibility index (Phi) is 7.50. The molecule has 0 spiro atoms. The van der Waals surface area contributed by atoms with E-state index >= 15 is 0 Å². The third-order valence-corrected chi connectivity index (χ3v) is 4.15. The minimum absolute atomic E-state index is 0.212. The van der Waals surface area contributed by atoms with Gasteiger partial charge in [0, 0.05) is 31.7 Å². The van der Waals surface area contributed by atoms with Crippen LogP contribution in [0, 0.1) is 0 Å². The van der Waals surface area contributed by atoms with Gasteiger partial charge in [0.1, 0.15) is 5.75 Å². The van der Waals surface area contributed by atoms with Crippen LogP contribution in [0.5, 0.6) is 5.75 Å². The molecule has 0 radical (unpaired) electrons. The second-order valence-corrected chi connectivity index (χ2v) is 6.41. The number of halogens is 3. The van der Waals surface area contributed by atoms with Gasteiger partial charge in [-0.25, -0.2) is 0 Å². The number of likely N-dealkylation sites (tertiary alicyclic amines) is 1. The Morgan fingerprint density at radius 1 is 1.19 bits per heavy atom. The normalized spacial score (nSPS) is 15.3. The highest BCUT2D eigenvalue weighted by Gasteiger charge is 2.30. The van der Waals surface area contributed by atoms with E-state index in [9.17, 15) is 18.0 Å². The Balaban J connectivity index is 1.67. The number of amides is 1. The number of anilines is 1.